The van der Waals surface area contributed by atoms with Crippen LogP contribution in [0.25, 0.3) is 50.1 Å². The molecule has 8 nitrogen and oxygen atoms in total. The van der Waals surface area contributed by atoms with Gasteiger partial charge in [-0.2, -0.15) is 5.10 Å². The van der Waals surface area contributed by atoms with Crippen molar-refractivity contribution in [3.63, 3.8) is 0 Å². The van der Waals surface area contributed by atoms with Gasteiger partial charge in [0, 0.05) is 40.6 Å². The molecule has 0 saturated carbocycles. The summed E-state index contributed by atoms with van der Waals surface area (Å²) in [5.41, 5.74) is 8.62. The van der Waals surface area contributed by atoms with E-state index in [1.807, 2.05) is 36.1 Å². The van der Waals surface area contributed by atoms with Gasteiger partial charge in [-0.15, -0.1) is 0 Å². The lowest BCUT2D eigenvalue weighted by Gasteiger charge is -2.13. The highest BCUT2D eigenvalue weighted by Gasteiger charge is 2.15. The van der Waals surface area contributed by atoms with Gasteiger partial charge in [0.1, 0.15) is 17.8 Å². The molecule has 0 spiro atoms. The van der Waals surface area contributed by atoms with Gasteiger partial charge in [-0.05, 0) is 48.7 Å². The minimum Gasteiger partial charge on any atom is -0.358 e. The largest absolute Gasteiger partial charge is 0.358 e. The van der Waals surface area contributed by atoms with Gasteiger partial charge in [-0.3, -0.25) is 14.6 Å². The zero-order valence-corrected chi connectivity index (χ0v) is 20.4. The molecule has 0 aliphatic rings. The first-order valence-corrected chi connectivity index (χ1v) is 11.8. The lowest BCUT2D eigenvalue weighted by atomic mass is 10.0. The first-order valence-electron chi connectivity index (χ1n) is 11.8. The average Bonchev–Trinajstić information content (AvgIpc) is 3.61. The van der Waals surface area contributed by atoms with Crippen molar-refractivity contribution in [2.24, 2.45) is 5.92 Å². The van der Waals surface area contributed by atoms with Crippen molar-refractivity contribution >= 4 is 27.5 Å². The van der Waals surface area contributed by atoms with Crippen LogP contribution in [-0.4, -0.2) is 34.7 Å². The summed E-state index contributed by atoms with van der Waals surface area (Å²) >= 11 is 0. The molecule has 0 unspecified atom stereocenters. The van der Waals surface area contributed by atoms with Crippen LogP contribution in [0.15, 0.2) is 79.8 Å². The van der Waals surface area contributed by atoms with Crippen LogP contribution in [0.5, 0.6) is 0 Å². The molecule has 0 amide bonds. The molecule has 0 radical (unpaired) electrons. The number of H-pyrrole nitrogens is 2. The first-order chi connectivity index (χ1) is 17.5. The Morgan fingerprint density at radius 3 is 2.69 bits per heavy atom. The third-order valence-electron chi connectivity index (χ3n) is 6.37. The Morgan fingerprint density at radius 2 is 1.89 bits per heavy atom. The molecule has 0 atom stereocenters. The molecule has 6 rings (SSSR count). The molecule has 1 aromatic carbocycles. The molecular formula is C28H26N8. The molecule has 3 N–H and O–H groups in total. The van der Waals surface area contributed by atoms with E-state index in [-0.39, 0.29) is 0 Å². The van der Waals surface area contributed by atoms with Gasteiger partial charge >= 0.3 is 0 Å². The number of pyridine rings is 2. The fraction of sp³-hybridized carbons (Fsp3) is 0.143. The van der Waals surface area contributed by atoms with Gasteiger partial charge < -0.3 is 10.3 Å². The molecule has 178 valence electrons. The highest BCUT2D eigenvalue weighted by molar-refractivity contribution is 5.99. The van der Waals surface area contributed by atoms with Crippen LogP contribution in [0.3, 0.4) is 0 Å². The Kier molecular flexibility index (Phi) is 5.14. The van der Waals surface area contributed by atoms with Crippen LogP contribution < -0.4 is 5.32 Å². The number of nitrogens with zero attached hydrogens (tertiary/aromatic N) is 5. The van der Waals surface area contributed by atoms with E-state index in [0.717, 1.165) is 67.2 Å². The van der Waals surface area contributed by atoms with Crippen molar-refractivity contribution < 1.29 is 0 Å². The number of hydrogen-bond acceptors (Lipinski definition) is 5. The molecule has 0 aliphatic heterocycles. The maximum Gasteiger partial charge on any atom is 0.147 e. The number of anilines is 1. The second-order valence-corrected chi connectivity index (χ2v) is 9.30. The molecule has 8 heteroatoms. The topological polar surface area (TPSA) is 100 Å². The van der Waals surface area contributed by atoms with Gasteiger partial charge in [-0.25, -0.2) is 9.97 Å². The van der Waals surface area contributed by atoms with Crippen molar-refractivity contribution in [2.75, 3.05) is 5.32 Å². The Bertz CT molecular complexity index is 1730. The second-order valence-electron chi connectivity index (χ2n) is 9.30. The summed E-state index contributed by atoms with van der Waals surface area (Å²) in [4.78, 5) is 16.9. The lowest BCUT2D eigenvalue weighted by molar-refractivity contribution is 0.778. The fourth-order valence-electron chi connectivity index (χ4n) is 4.30. The van der Waals surface area contributed by atoms with E-state index in [9.17, 15) is 0 Å². The van der Waals surface area contributed by atoms with Gasteiger partial charge in [-0.1, -0.05) is 26.5 Å². The number of nitrogens with one attached hydrogen (secondary N) is 3. The SMILES string of the molecule is C=C(Nc1cncc(-c2ccc3[nH]nc(-c4cc5c(-n6cnc(C)c6)nccc5[nH]4)c3c2)c1)C(C)C. The molecule has 0 bridgehead atoms. The minimum absolute atomic E-state index is 0.336. The standard InChI is InChI=1S/C28H26N8/c1-16(2)18(4)32-21-9-20(12-29-13-21)19-5-6-25-22(10-19)27(35-34-25)26-11-23-24(33-26)7-8-30-28(23)36-14-17(3)31-15-36/h5-16,32-33H,4H2,1-3H3,(H,34,35). The van der Waals surface area contributed by atoms with E-state index in [1.165, 1.54) is 0 Å². The zero-order valence-electron chi connectivity index (χ0n) is 20.4. The summed E-state index contributed by atoms with van der Waals surface area (Å²) in [5, 5.41) is 13.2. The molecule has 5 heterocycles. The number of benzene rings is 1. The van der Waals surface area contributed by atoms with E-state index in [0.29, 0.717) is 5.92 Å². The Morgan fingerprint density at radius 1 is 1.00 bits per heavy atom. The number of hydrogen-bond donors (Lipinski definition) is 3. The van der Waals surface area contributed by atoms with E-state index in [4.69, 9.17) is 0 Å². The van der Waals surface area contributed by atoms with Crippen LogP contribution in [-0.2, 0) is 0 Å². The Hall–Kier alpha value is -4.72. The molecule has 0 fully saturated rings. The van der Waals surface area contributed by atoms with Crippen LogP contribution in [0.2, 0.25) is 0 Å². The van der Waals surface area contributed by atoms with E-state index < -0.39 is 0 Å². The van der Waals surface area contributed by atoms with Gasteiger partial charge in [0.15, 0.2) is 0 Å². The van der Waals surface area contributed by atoms with E-state index in [1.54, 1.807) is 12.5 Å². The molecule has 6 aromatic rings. The number of aromatic nitrogens is 7. The average molecular weight is 475 g/mol. The number of aromatic amines is 2. The molecular weight excluding hydrogens is 448 g/mol. The second kappa shape index (κ2) is 8.49. The quantitative estimate of drug-likeness (QED) is 0.265. The summed E-state index contributed by atoms with van der Waals surface area (Å²) in [6.45, 7) is 10.3. The number of imidazole rings is 1. The van der Waals surface area contributed by atoms with Crippen LogP contribution in [0.1, 0.15) is 19.5 Å². The maximum atomic E-state index is 4.64. The highest BCUT2D eigenvalue weighted by atomic mass is 15.1. The van der Waals surface area contributed by atoms with Crippen molar-refractivity contribution in [3.05, 3.63) is 85.5 Å². The summed E-state index contributed by atoms with van der Waals surface area (Å²) in [6, 6.07) is 12.4. The first kappa shape index (κ1) is 21.8. The van der Waals surface area contributed by atoms with Gasteiger partial charge in [0.2, 0.25) is 0 Å². The van der Waals surface area contributed by atoms with Gasteiger partial charge in [0.05, 0.1) is 34.3 Å². The van der Waals surface area contributed by atoms with Gasteiger partial charge in [0.25, 0.3) is 0 Å². The van der Waals surface area contributed by atoms with Crippen molar-refractivity contribution in [1.29, 1.82) is 0 Å². The summed E-state index contributed by atoms with van der Waals surface area (Å²) in [5.74, 6) is 1.16. The Labute approximate surface area is 208 Å². The predicted octanol–water partition coefficient (Wildman–Crippen LogP) is 6.24. The third-order valence-corrected chi connectivity index (χ3v) is 6.37. The fourth-order valence-corrected chi connectivity index (χ4v) is 4.30. The number of rotatable bonds is 6. The highest BCUT2D eigenvalue weighted by Crippen LogP contribution is 2.33. The number of allylic oxidation sites excluding steroid dienone is 1. The third kappa shape index (κ3) is 3.82. The smallest absolute Gasteiger partial charge is 0.147 e. The number of aryl methyl sites for hydroxylation is 1. The van der Waals surface area contributed by atoms with E-state index in [2.05, 4.69) is 86.2 Å². The van der Waals surface area contributed by atoms with Crippen molar-refractivity contribution in [3.8, 4) is 28.3 Å². The summed E-state index contributed by atoms with van der Waals surface area (Å²) in [7, 11) is 0. The van der Waals surface area contributed by atoms with E-state index >= 15 is 0 Å². The lowest BCUT2D eigenvalue weighted by Crippen LogP contribution is -2.04. The maximum absolute atomic E-state index is 4.64. The van der Waals surface area contributed by atoms with Crippen molar-refractivity contribution in [1.82, 2.24) is 34.7 Å². The summed E-state index contributed by atoms with van der Waals surface area (Å²) in [6.07, 6.45) is 9.25. The monoisotopic (exact) mass is 474 g/mol. The van der Waals surface area contributed by atoms with Crippen molar-refractivity contribution in [2.45, 2.75) is 20.8 Å². The predicted molar refractivity (Wildman–Crippen MR) is 144 cm³/mol. The molecule has 5 aromatic heterocycles. The van der Waals surface area contributed by atoms with Crippen LogP contribution in [0.4, 0.5) is 5.69 Å². The minimum atomic E-state index is 0.336. The van der Waals surface area contributed by atoms with Crippen LogP contribution >= 0.6 is 0 Å². The normalized spacial score (nSPS) is 11.6. The Balaban J connectivity index is 1.41. The molecule has 36 heavy (non-hydrogen) atoms. The van der Waals surface area contributed by atoms with Crippen LogP contribution in [0, 0.1) is 12.8 Å². The zero-order chi connectivity index (χ0) is 24.8. The molecule has 0 aliphatic carbocycles. The number of fused-ring (bicyclic) bond motifs is 2. The summed E-state index contributed by atoms with van der Waals surface area (Å²) < 4.78 is 1.94. The molecule has 0 saturated heterocycles.